The van der Waals surface area contributed by atoms with Crippen LogP contribution in [0.1, 0.15) is 30.1 Å². The van der Waals surface area contributed by atoms with Crippen LogP contribution < -0.4 is 28.7 Å². The van der Waals surface area contributed by atoms with E-state index in [0.717, 1.165) is 9.13 Å². The molecule has 23 heavy (non-hydrogen) atoms. The van der Waals surface area contributed by atoms with E-state index in [1.54, 1.807) is 24.3 Å². The average molecular weight is 418 g/mol. The number of carbonyl (C=O) groups excluding carboxylic acids is 1. The van der Waals surface area contributed by atoms with Crippen LogP contribution >= 0.6 is 22.6 Å². The molecule has 0 spiro atoms. The Labute approximate surface area is 161 Å². The van der Waals surface area contributed by atoms with Gasteiger partial charge in [-0.05, 0) is 59.2 Å². The van der Waals surface area contributed by atoms with Crippen LogP contribution in [0.15, 0.2) is 48.5 Å². The van der Waals surface area contributed by atoms with Gasteiger partial charge in [0.1, 0.15) is 12.4 Å². The standard InChI is InChI=1S/C17H17IO4.Li/c18-15-4-2-1-3-13(15)11-22-14-7-5-12(6-8-14)16(19)9-10-17(20)21;/h1-8,16,19H,9-11H2,(H,20,21);/q;+1/p-1/t16-;/m0./s1. The first kappa shape index (κ1) is 20.0. The number of benzene rings is 2. The Hall–Kier alpha value is -1.00. The molecule has 0 radical (unpaired) electrons. The summed E-state index contributed by atoms with van der Waals surface area (Å²) in [6.45, 7) is 0.478. The van der Waals surface area contributed by atoms with Crippen LogP contribution in [-0.4, -0.2) is 11.1 Å². The summed E-state index contributed by atoms with van der Waals surface area (Å²) in [7, 11) is 0. The summed E-state index contributed by atoms with van der Waals surface area (Å²) in [6, 6.07) is 15.0. The molecular weight excluding hydrogens is 402 g/mol. The van der Waals surface area contributed by atoms with Crippen LogP contribution in [0.3, 0.4) is 0 Å². The Morgan fingerprint density at radius 1 is 1.17 bits per heavy atom. The van der Waals surface area contributed by atoms with Crippen LogP contribution in [0.5, 0.6) is 5.75 Å². The van der Waals surface area contributed by atoms with E-state index in [0.29, 0.717) is 17.9 Å². The van der Waals surface area contributed by atoms with Gasteiger partial charge in [-0.1, -0.05) is 30.3 Å². The third-order valence-electron chi connectivity index (χ3n) is 3.24. The van der Waals surface area contributed by atoms with Crippen molar-refractivity contribution in [3.05, 3.63) is 63.2 Å². The normalized spacial score (nSPS) is 11.4. The number of halogens is 1. The molecule has 2 aromatic rings. The molecule has 0 saturated carbocycles. The Balaban J connectivity index is 0.00000264. The number of aliphatic hydroxyl groups excluding tert-OH is 1. The van der Waals surface area contributed by atoms with Crippen molar-refractivity contribution in [2.45, 2.75) is 25.6 Å². The van der Waals surface area contributed by atoms with E-state index in [1.807, 2.05) is 24.3 Å². The van der Waals surface area contributed by atoms with Gasteiger partial charge < -0.3 is 19.7 Å². The number of aliphatic hydroxyl groups is 1. The predicted octanol–water partition coefficient (Wildman–Crippen LogP) is -0.562. The third-order valence-corrected chi connectivity index (χ3v) is 4.29. The van der Waals surface area contributed by atoms with Gasteiger partial charge >= 0.3 is 18.9 Å². The number of ether oxygens (including phenoxy) is 1. The molecule has 0 fully saturated rings. The van der Waals surface area contributed by atoms with Gasteiger partial charge in [0.15, 0.2) is 0 Å². The zero-order valence-corrected chi connectivity index (χ0v) is 15.0. The fourth-order valence-corrected chi connectivity index (χ4v) is 2.53. The fraction of sp³-hybridized carbons (Fsp3) is 0.235. The van der Waals surface area contributed by atoms with Gasteiger partial charge in [0, 0.05) is 15.1 Å². The molecular formula is C17H16ILiO4. The number of hydrogen-bond donors (Lipinski definition) is 1. The SMILES string of the molecule is O=C([O-])CC[C@H](O)c1ccc(OCc2ccccc2I)cc1.[Li+]. The van der Waals surface area contributed by atoms with E-state index in [9.17, 15) is 15.0 Å². The van der Waals surface area contributed by atoms with E-state index < -0.39 is 12.1 Å². The van der Waals surface area contributed by atoms with Gasteiger partial charge in [-0.3, -0.25) is 0 Å². The molecule has 1 atom stereocenters. The number of carbonyl (C=O) groups is 1. The molecule has 0 aliphatic carbocycles. The summed E-state index contributed by atoms with van der Waals surface area (Å²) in [4.78, 5) is 10.4. The molecule has 0 amide bonds. The van der Waals surface area contributed by atoms with Gasteiger partial charge in [-0.15, -0.1) is 0 Å². The minimum atomic E-state index is -1.16. The number of rotatable bonds is 7. The third kappa shape index (κ3) is 6.56. The fourth-order valence-electron chi connectivity index (χ4n) is 1.98. The Bertz CT molecular complexity index is 631. The zero-order valence-electron chi connectivity index (χ0n) is 12.9. The molecule has 0 aliphatic heterocycles. The van der Waals surface area contributed by atoms with Crippen molar-refractivity contribution in [1.82, 2.24) is 0 Å². The Kier molecular flexibility index (Phi) is 8.70. The second-order valence-electron chi connectivity index (χ2n) is 4.88. The summed E-state index contributed by atoms with van der Waals surface area (Å²) >= 11 is 2.27. The van der Waals surface area contributed by atoms with Crippen molar-refractivity contribution in [3.63, 3.8) is 0 Å². The number of carboxylic acid groups (broad SMARTS) is 1. The zero-order chi connectivity index (χ0) is 15.9. The summed E-state index contributed by atoms with van der Waals surface area (Å²) in [5, 5.41) is 20.3. The minimum absolute atomic E-state index is 0. The van der Waals surface area contributed by atoms with Gasteiger partial charge in [0.25, 0.3) is 0 Å². The molecule has 2 rings (SSSR count). The number of carboxylic acids is 1. The molecule has 6 heteroatoms. The van der Waals surface area contributed by atoms with E-state index in [1.165, 1.54) is 0 Å². The quantitative estimate of drug-likeness (QED) is 0.484. The van der Waals surface area contributed by atoms with E-state index in [-0.39, 0.29) is 31.7 Å². The van der Waals surface area contributed by atoms with E-state index in [2.05, 4.69) is 22.6 Å². The van der Waals surface area contributed by atoms with Crippen molar-refractivity contribution in [2.24, 2.45) is 0 Å². The topological polar surface area (TPSA) is 69.6 Å². The molecule has 0 saturated heterocycles. The van der Waals surface area contributed by atoms with Crippen molar-refractivity contribution < 1.29 is 38.6 Å². The second kappa shape index (κ2) is 9.99. The smallest absolute Gasteiger partial charge is 0.550 e. The Morgan fingerprint density at radius 3 is 2.43 bits per heavy atom. The minimum Gasteiger partial charge on any atom is -0.550 e. The van der Waals surface area contributed by atoms with Crippen LogP contribution in [-0.2, 0) is 11.4 Å². The van der Waals surface area contributed by atoms with E-state index in [4.69, 9.17) is 4.74 Å². The maximum absolute atomic E-state index is 10.4. The van der Waals surface area contributed by atoms with Gasteiger partial charge in [-0.25, -0.2) is 0 Å². The molecule has 116 valence electrons. The van der Waals surface area contributed by atoms with Crippen molar-refractivity contribution >= 4 is 28.6 Å². The van der Waals surface area contributed by atoms with Crippen molar-refractivity contribution in [3.8, 4) is 5.75 Å². The van der Waals surface area contributed by atoms with Crippen molar-refractivity contribution in [1.29, 1.82) is 0 Å². The van der Waals surface area contributed by atoms with Crippen LogP contribution in [0.2, 0.25) is 0 Å². The van der Waals surface area contributed by atoms with Gasteiger partial charge in [-0.2, -0.15) is 0 Å². The molecule has 4 nitrogen and oxygen atoms in total. The second-order valence-corrected chi connectivity index (χ2v) is 6.04. The monoisotopic (exact) mass is 418 g/mol. The maximum atomic E-state index is 10.4. The molecule has 0 heterocycles. The molecule has 1 N–H and O–H groups in total. The first-order chi connectivity index (χ1) is 10.6. The van der Waals surface area contributed by atoms with E-state index >= 15 is 0 Å². The number of hydrogen-bond acceptors (Lipinski definition) is 4. The van der Waals surface area contributed by atoms with Crippen LogP contribution in [0.25, 0.3) is 0 Å². The largest absolute Gasteiger partial charge is 1.00 e. The molecule has 0 unspecified atom stereocenters. The molecule has 0 aliphatic rings. The molecule has 2 aromatic carbocycles. The molecule has 0 aromatic heterocycles. The van der Waals surface area contributed by atoms with Crippen LogP contribution in [0.4, 0.5) is 0 Å². The maximum Gasteiger partial charge on any atom is 1.00 e. The van der Waals surface area contributed by atoms with Gasteiger partial charge in [0.2, 0.25) is 0 Å². The van der Waals surface area contributed by atoms with Gasteiger partial charge in [0.05, 0.1) is 6.10 Å². The van der Waals surface area contributed by atoms with Crippen molar-refractivity contribution in [2.75, 3.05) is 0 Å². The number of aliphatic carboxylic acids is 1. The summed E-state index contributed by atoms with van der Waals surface area (Å²) in [6.07, 6.45) is -0.821. The van der Waals surface area contributed by atoms with Crippen LogP contribution in [0, 0.1) is 3.57 Å². The predicted molar refractivity (Wildman–Crippen MR) is 89.1 cm³/mol. The first-order valence-electron chi connectivity index (χ1n) is 6.90. The first-order valence-corrected chi connectivity index (χ1v) is 7.98. The molecule has 0 bridgehead atoms. The summed E-state index contributed by atoms with van der Waals surface area (Å²) in [5.74, 6) is -0.452. The summed E-state index contributed by atoms with van der Waals surface area (Å²) < 4.78 is 6.86. The average Bonchev–Trinajstić information content (AvgIpc) is 2.52. The Morgan fingerprint density at radius 2 is 1.83 bits per heavy atom. The summed E-state index contributed by atoms with van der Waals surface area (Å²) in [5.41, 5.74) is 1.78.